The van der Waals surface area contributed by atoms with E-state index in [-0.39, 0.29) is 11.9 Å². The molecule has 5 heteroatoms. The topological polar surface area (TPSA) is 60.1 Å². The van der Waals surface area contributed by atoms with Gasteiger partial charge in [-0.2, -0.15) is 0 Å². The van der Waals surface area contributed by atoms with Gasteiger partial charge in [0.05, 0.1) is 11.8 Å². The van der Waals surface area contributed by atoms with Crippen molar-refractivity contribution in [1.29, 1.82) is 0 Å². The van der Waals surface area contributed by atoms with E-state index in [1.165, 1.54) is 6.26 Å². The maximum absolute atomic E-state index is 12.5. The highest BCUT2D eigenvalue weighted by molar-refractivity contribution is 5.95. The van der Waals surface area contributed by atoms with Crippen molar-refractivity contribution in [1.82, 2.24) is 14.9 Å². The number of nitrogens with one attached hydrogen (secondary N) is 1. The van der Waals surface area contributed by atoms with Crippen LogP contribution in [0.1, 0.15) is 33.5 Å². The first-order valence-electron chi connectivity index (χ1n) is 7.04. The molecule has 0 radical (unpaired) electrons. The minimum absolute atomic E-state index is 0.178. The van der Waals surface area contributed by atoms with Crippen molar-refractivity contribution >= 4 is 5.91 Å². The van der Waals surface area contributed by atoms with Crippen molar-refractivity contribution in [3.8, 4) is 0 Å². The Morgan fingerprint density at radius 1 is 1.27 bits per heavy atom. The van der Waals surface area contributed by atoms with Gasteiger partial charge in [0.15, 0.2) is 0 Å². The lowest BCUT2D eigenvalue weighted by atomic mass is 10.1. The first-order valence-corrected chi connectivity index (χ1v) is 7.04. The molecule has 0 aliphatic heterocycles. The lowest BCUT2D eigenvalue weighted by Crippen LogP contribution is -2.31. The molecule has 0 saturated carbocycles. The summed E-state index contributed by atoms with van der Waals surface area (Å²) >= 11 is 0. The number of aryl methyl sites for hydroxylation is 2. The number of amides is 1. The molecule has 0 unspecified atom stereocenters. The van der Waals surface area contributed by atoms with E-state index in [0.29, 0.717) is 11.3 Å². The minimum atomic E-state index is -0.317. The van der Waals surface area contributed by atoms with Crippen molar-refractivity contribution in [2.75, 3.05) is 0 Å². The first kappa shape index (κ1) is 14.1. The fourth-order valence-electron chi connectivity index (χ4n) is 2.43. The maximum Gasteiger partial charge on any atom is 0.255 e. The summed E-state index contributed by atoms with van der Waals surface area (Å²) in [5.74, 6) is 1.20. The molecule has 0 aliphatic carbocycles. The van der Waals surface area contributed by atoms with Crippen LogP contribution in [0.3, 0.4) is 0 Å². The highest BCUT2D eigenvalue weighted by Gasteiger charge is 2.22. The number of carbonyl (C=O) groups excluding carboxylic acids is 1. The molecule has 0 spiro atoms. The van der Waals surface area contributed by atoms with E-state index in [1.807, 2.05) is 48.1 Å². The van der Waals surface area contributed by atoms with E-state index in [1.54, 1.807) is 19.2 Å². The second-order valence-electron chi connectivity index (χ2n) is 5.10. The Labute approximate surface area is 128 Å². The Bertz CT molecular complexity index is 774. The van der Waals surface area contributed by atoms with Gasteiger partial charge in [0.2, 0.25) is 0 Å². The Kier molecular flexibility index (Phi) is 3.78. The van der Waals surface area contributed by atoms with Gasteiger partial charge in [-0.15, -0.1) is 0 Å². The van der Waals surface area contributed by atoms with Crippen molar-refractivity contribution < 1.29 is 9.21 Å². The van der Waals surface area contributed by atoms with Gasteiger partial charge in [-0.05, 0) is 18.6 Å². The van der Waals surface area contributed by atoms with Crippen LogP contribution in [-0.4, -0.2) is 15.5 Å². The predicted octanol–water partition coefficient (Wildman–Crippen LogP) is 2.84. The molecule has 3 aromatic rings. The maximum atomic E-state index is 12.5. The van der Waals surface area contributed by atoms with Crippen LogP contribution in [0.4, 0.5) is 0 Å². The van der Waals surface area contributed by atoms with Crippen molar-refractivity contribution in [2.24, 2.45) is 7.05 Å². The molecule has 0 saturated heterocycles. The zero-order chi connectivity index (χ0) is 15.5. The molecule has 1 aromatic carbocycles. The molecule has 3 rings (SSSR count). The normalized spacial score (nSPS) is 12.1. The van der Waals surface area contributed by atoms with E-state index in [2.05, 4.69) is 10.3 Å². The molecule has 112 valence electrons. The molecular weight excluding hydrogens is 278 g/mol. The fourth-order valence-corrected chi connectivity index (χ4v) is 2.43. The Morgan fingerprint density at radius 3 is 2.64 bits per heavy atom. The first-order chi connectivity index (χ1) is 10.7. The third kappa shape index (κ3) is 2.65. The summed E-state index contributed by atoms with van der Waals surface area (Å²) < 4.78 is 7.11. The lowest BCUT2D eigenvalue weighted by molar-refractivity contribution is 0.0939. The van der Waals surface area contributed by atoms with E-state index in [0.717, 1.165) is 11.4 Å². The van der Waals surface area contributed by atoms with Gasteiger partial charge in [0, 0.05) is 19.4 Å². The lowest BCUT2D eigenvalue weighted by Gasteiger charge is -2.19. The van der Waals surface area contributed by atoms with E-state index in [9.17, 15) is 4.79 Å². The monoisotopic (exact) mass is 295 g/mol. The van der Waals surface area contributed by atoms with Crippen LogP contribution in [-0.2, 0) is 7.05 Å². The van der Waals surface area contributed by atoms with Crippen LogP contribution < -0.4 is 5.32 Å². The molecule has 0 fully saturated rings. The summed E-state index contributed by atoms with van der Waals surface area (Å²) in [6.45, 7) is 1.77. The van der Waals surface area contributed by atoms with Gasteiger partial charge in [-0.25, -0.2) is 4.98 Å². The third-order valence-corrected chi connectivity index (χ3v) is 3.63. The van der Waals surface area contributed by atoms with Gasteiger partial charge in [0.25, 0.3) is 5.91 Å². The van der Waals surface area contributed by atoms with Gasteiger partial charge >= 0.3 is 0 Å². The van der Waals surface area contributed by atoms with E-state index in [4.69, 9.17) is 4.42 Å². The van der Waals surface area contributed by atoms with Crippen LogP contribution in [0, 0.1) is 6.92 Å². The zero-order valence-corrected chi connectivity index (χ0v) is 12.5. The van der Waals surface area contributed by atoms with Crippen LogP contribution in [0.2, 0.25) is 0 Å². The average molecular weight is 295 g/mol. The quantitative estimate of drug-likeness (QED) is 0.805. The van der Waals surface area contributed by atoms with Crippen LogP contribution in [0.5, 0.6) is 0 Å². The Hall–Kier alpha value is -2.82. The molecule has 22 heavy (non-hydrogen) atoms. The number of hydrogen-bond acceptors (Lipinski definition) is 3. The van der Waals surface area contributed by atoms with Crippen molar-refractivity contribution in [3.63, 3.8) is 0 Å². The summed E-state index contributed by atoms with van der Waals surface area (Å²) in [6, 6.07) is 11.1. The Morgan fingerprint density at radius 2 is 2.05 bits per heavy atom. The number of imidazole rings is 1. The number of hydrogen-bond donors (Lipinski definition) is 1. The van der Waals surface area contributed by atoms with E-state index >= 15 is 0 Å². The SMILES string of the molecule is Cc1occc1C(=O)N[C@H](c1ccccc1)c1nccn1C. The summed E-state index contributed by atoms with van der Waals surface area (Å²) in [5.41, 5.74) is 1.52. The molecular formula is C17H17N3O2. The van der Waals surface area contributed by atoms with Gasteiger partial charge in [-0.1, -0.05) is 30.3 Å². The fraction of sp³-hybridized carbons (Fsp3) is 0.176. The average Bonchev–Trinajstić information content (AvgIpc) is 3.14. The smallest absolute Gasteiger partial charge is 0.255 e. The number of benzene rings is 1. The third-order valence-electron chi connectivity index (χ3n) is 3.63. The van der Waals surface area contributed by atoms with Gasteiger partial charge in [-0.3, -0.25) is 4.79 Å². The number of aromatic nitrogens is 2. The molecule has 0 bridgehead atoms. The number of furan rings is 1. The zero-order valence-electron chi connectivity index (χ0n) is 12.5. The second-order valence-corrected chi connectivity index (χ2v) is 5.10. The molecule has 2 heterocycles. The van der Waals surface area contributed by atoms with Crippen molar-refractivity contribution in [3.05, 3.63) is 77.8 Å². The minimum Gasteiger partial charge on any atom is -0.469 e. The standard InChI is InChI=1S/C17H17N3O2/c1-12-14(8-11-22-12)17(21)19-15(13-6-4-3-5-7-13)16-18-9-10-20(16)2/h3-11,15H,1-2H3,(H,19,21)/t15-/m1/s1. The molecule has 2 aromatic heterocycles. The van der Waals surface area contributed by atoms with Crippen LogP contribution in [0.25, 0.3) is 0 Å². The van der Waals surface area contributed by atoms with E-state index < -0.39 is 0 Å². The van der Waals surface area contributed by atoms with Crippen LogP contribution in [0.15, 0.2) is 59.5 Å². The summed E-state index contributed by atoms with van der Waals surface area (Å²) in [6.07, 6.45) is 5.10. The molecule has 1 amide bonds. The summed E-state index contributed by atoms with van der Waals surface area (Å²) in [7, 11) is 1.91. The highest BCUT2D eigenvalue weighted by Crippen LogP contribution is 2.21. The highest BCUT2D eigenvalue weighted by atomic mass is 16.3. The van der Waals surface area contributed by atoms with Crippen LogP contribution >= 0.6 is 0 Å². The van der Waals surface area contributed by atoms with Gasteiger partial charge < -0.3 is 14.3 Å². The molecule has 1 atom stereocenters. The van der Waals surface area contributed by atoms with Crippen molar-refractivity contribution in [2.45, 2.75) is 13.0 Å². The predicted molar refractivity (Wildman–Crippen MR) is 82.4 cm³/mol. The summed E-state index contributed by atoms with van der Waals surface area (Å²) in [4.78, 5) is 16.9. The molecule has 5 nitrogen and oxygen atoms in total. The second kappa shape index (κ2) is 5.89. The Balaban J connectivity index is 1.95. The number of rotatable bonds is 4. The summed E-state index contributed by atoms with van der Waals surface area (Å²) in [5, 5.41) is 3.04. The molecule has 0 aliphatic rings. The molecule has 1 N–H and O–H groups in total. The number of nitrogens with zero attached hydrogens (tertiary/aromatic N) is 2. The van der Waals surface area contributed by atoms with Gasteiger partial charge in [0.1, 0.15) is 17.6 Å². The number of carbonyl (C=O) groups is 1. The largest absolute Gasteiger partial charge is 0.469 e.